The van der Waals surface area contributed by atoms with E-state index >= 15 is 0 Å². The maximum Gasteiger partial charge on any atom is 0.329 e. The molecule has 0 unspecified atom stereocenters. The fourth-order valence-corrected chi connectivity index (χ4v) is 19.0. The van der Waals surface area contributed by atoms with E-state index in [4.69, 9.17) is 32.5 Å². The fraction of sp³-hybridized carbons (Fsp3) is 0.825. The standard InChI is InChI=1S/C63H109NO15Si2/c1-17-80(18-2,19-3)78-52-32-30-47(37-55(52)74-15)36-42(9)54-39-51(66)41(8)34-45(12)58(79-81(20-4,21-5)22-6)59(75-16)57(68)44(11)35-43(10)56(67)50(65)28-25-26-40(7)53(73-14)38-48-31-29-46(13)63(72,77-48)60(69)61(70)64-33-24-23-27-49(64)62(71)76-54/h25-26,28,34,41-44,46-50,52-56,58-59,65,67,72H,17-24,27,29-33,35-39H2,1-16H3/b28-25-,40-26+,45-34-/t41-,42-,43+,44-,46-,47+,48+,49+,50-,52-,53+,54+,55-,56-,58-,59+,63-/m1/s1. The van der Waals surface area contributed by atoms with Gasteiger partial charge in [0.15, 0.2) is 22.4 Å². The van der Waals surface area contributed by atoms with Crippen molar-refractivity contribution < 1.29 is 71.8 Å². The Morgan fingerprint density at radius 3 is 1.96 bits per heavy atom. The van der Waals surface area contributed by atoms with E-state index in [0.29, 0.717) is 37.7 Å². The van der Waals surface area contributed by atoms with Gasteiger partial charge in [0.25, 0.3) is 11.7 Å². The average Bonchev–Trinajstić information content (AvgIpc) is 3.56. The number of amides is 1. The van der Waals surface area contributed by atoms with Gasteiger partial charge < -0.3 is 52.8 Å². The summed E-state index contributed by atoms with van der Waals surface area (Å²) in [6.07, 6.45) is 5.66. The van der Waals surface area contributed by atoms with Gasteiger partial charge in [-0.25, -0.2) is 4.79 Å². The van der Waals surface area contributed by atoms with Crippen LogP contribution >= 0.6 is 0 Å². The molecule has 3 aliphatic heterocycles. The number of carbonyl (C=O) groups excluding carboxylic acids is 5. The number of carbonyl (C=O) groups is 5. The minimum Gasteiger partial charge on any atom is -0.460 e. The maximum atomic E-state index is 14.9. The van der Waals surface area contributed by atoms with E-state index in [1.54, 1.807) is 47.0 Å². The number of esters is 1. The van der Waals surface area contributed by atoms with E-state index in [9.17, 15) is 39.3 Å². The molecule has 0 aromatic carbocycles. The Labute approximate surface area is 489 Å². The van der Waals surface area contributed by atoms with Crippen LogP contribution in [0.5, 0.6) is 0 Å². The molecule has 3 fully saturated rings. The van der Waals surface area contributed by atoms with Gasteiger partial charge in [-0.1, -0.05) is 100 Å². The van der Waals surface area contributed by atoms with Gasteiger partial charge in [0.05, 0.1) is 42.7 Å². The topological polar surface area (TPSA) is 214 Å². The molecular weight excluding hydrogens is 1070 g/mol. The molecule has 1 saturated carbocycles. The Balaban J connectivity index is 1.82. The zero-order chi connectivity index (χ0) is 60.6. The van der Waals surface area contributed by atoms with Crippen LogP contribution in [0.15, 0.2) is 35.5 Å². The number of aliphatic hydroxyl groups excluding tert-OH is 2. The Morgan fingerprint density at radius 2 is 1.37 bits per heavy atom. The third-order valence-electron chi connectivity index (χ3n) is 19.6. The summed E-state index contributed by atoms with van der Waals surface area (Å²) >= 11 is 0. The molecule has 17 atom stereocenters. The second-order valence-corrected chi connectivity index (χ2v) is 34.3. The maximum absolute atomic E-state index is 14.9. The minimum absolute atomic E-state index is 0.0114. The number of nitrogens with zero attached hydrogens (tertiary/aromatic N) is 1. The number of hydrogen-bond donors (Lipinski definition) is 3. The molecule has 81 heavy (non-hydrogen) atoms. The molecule has 2 saturated heterocycles. The molecule has 1 aliphatic carbocycles. The first-order valence-electron chi connectivity index (χ1n) is 31.2. The Morgan fingerprint density at radius 1 is 0.741 bits per heavy atom. The SMILES string of the molecule is CC[Si](CC)(CC)O[C@@H]1/C(C)=C\[C@@H](C)C(=O)C[C@@H]([C@H](C)C[C@@H]2CC[C@@H](O[Si](CC)(CC)CC)[C@H](OC)C2)OC(=O)[C@@H]2CCCCN2C(=O)C(=O)[C@]2(O)O[C@@H](CC[C@H]2C)C[C@H](OC)/C(C)=C/C=C\[C@@H](O)[C@H](O)[C@@H](C)C[C@@H](C)C(=O)[C@@H]1OC. The van der Waals surface area contributed by atoms with Gasteiger partial charge >= 0.3 is 5.97 Å². The minimum atomic E-state index is -2.48. The monoisotopic (exact) mass is 1180 g/mol. The number of cyclic esters (lactones) is 1. The van der Waals surface area contributed by atoms with Crippen LogP contribution in [0.4, 0.5) is 0 Å². The number of allylic oxidation sites excluding steroid dienone is 3. The van der Waals surface area contributed by atoms with Crippen LogP contribution in [0, 0.1) is 35.5 Å². The first-order chi connectivity index (χ1) is 38.3. The van der Waals surface area contributed by atoms with Crippen LogP contribution in [-0.2, 0) is 56.5 Å². The molecule has 3 heterocycles. The van der Waals surface area contributed by atoms with Crippen molar-refractivity contribution >= 4 is 45.9 Å². The third kappa shape index (κ3) is 18.1. The highest BCUT2D eigenvalue weighted by Crippen LogP contribution is 2.40. The van der Waals surface area contributed by atoms with Crippen molar-refractivity contribution in [2.45, 2.75) is 270 Å². The first-order valence-corrected chi connectivity index (χ1v) is 36.2. The van der Waals surface area contributed by atoms with Crippen LogP contribution in [0.1, 0.15) is 167 Å². The largest absolute Gasteiger partial charge is 0.460 e. The van der Waals surface area contributed by atoms with E-state index in [1.165, 1.54) is 25.2 Å². The van der Waals surface area contributed by atoms with Gasteiger partial charge in [-0.3, -0.25) is 19.2 Å². The van der Waals surface area contributed by atoms with Crippen molar-refractivity contribution in [3.8, 4) is 0 Å². The van der Waals surface area contributed by atoms with Gasteiger partial charge in [-0.15, -0.1) is 0 Å². The lowest BCUT2D eigenvalue weighted by molar-refractivity contribution is -0.265. The predicted molar refractivity (Wildman–Crippen MR) is 320 cm³/mol. The number of methoxy groups -OCH3 is 3. The number of fused-ring (bicyclic) bond motifs is 3. The van der Waals surface area contributed by atoms with Gasteiger partial charge in [0, 0.05) is 58.5 Å². The van der Waals surface area contributed by atoms with Crippen molar-refractivity contribution in [1.29, 1.82) is 0 Å². The number of aliphatic hydroxyl groups is 3. The number of ether oxygens (including phenoxy) is 5. The Kier molecular flexibility index (Phi) is 28.5. The average molecular weight is 1180 g/mol. The molecule has 0 aromatic heterocycles. The molecule has 0 spiro atoms. The lowest BCUT2D eigenvalue weighted by Crippen LogP contribution is -2.61. The number of piperidine rings is 1. The van der Waals surface area contributed by atoms with Crippen molar-refractivity contribution in [1.82, 2.24) is 4.90 Å². The van der Waals surface area contributed by atoms with Gasteiger partial charge in [-0.05, 0) is 143 Å². The van der Waals surface area contributed by atoms with Crippen LogP contribution in [0.3, 0.4) is 0 Å². The van der Waals surface area contributed by atoms with E-state index in [-0.39, 0.29) is 67.8 Å². The number of rotatable bonds is 16. The molecule has 0 radical (unpaired) electrons. The summed E-state index contributed by atoms with van der Waals surface area (Å²) in [5.74, 6) is -8.51. The zero-order valence-corrected chi connectivity index (χ0v) is 54.7. The summed E-state index contributed by atoms with van der Waals surface area (Å²) in [5, 5.41) is 34.8. The molecule has 0 aromatic rings. The number of hydrogen-bond acceptors (Lipinski definition) is 15. The number of Topliss-reactive ketones (excluding diaryl/α,β-unsaturated/α-hetero) is 3. The van der Waals surface area contributed by atoms with E-state index in [0.717, 1.165) is 61.1 Å². The first kappa shape index (κ1) is 70.7. The van der Waals surface area contributed by atoms with Crippen molar-refractivity contribution in [2.24, 2.45) is 35.5 Å². The fourth-order valence-electron chi connectivity index (χ4n) is 13.3. The van der Waals surface area contributed by atoms with Crippen LogP contribution in [0.25, 0.3) is 0 Å². The molecule has 18 heteroatoms. The van der Waals surface area contributed by atoms with Crippen molar-refractivity contribution in [2.75, 3.05) is 27.9 Å². The third-order valence-corrected chi connectivity index (χ3v) is 28.9. The van der Waals surface area contributed by atoms with Crippen LogP contribution in [0.2, 0.25) is 36.3 Å². The van der Waals surface area contributed by atoms with E-state index in [1.807, 2.05) is 26.8 Å². The lowest BCUT2D eigenvalue weighted by Gasteiger charge is -2.43. The molecule has 4 aliphatic rings. The molecular formula is C63H109NO15Si2. The molecule has 3 N–H and O–H groups in total. The highest BCUT2D eigenvalue weighted by atomic mass is 28.4. The van der Waals surface area contributed by atoms with Crippen LogP contribution in [-0.4, -0.2) is 161 Å². The Bertz CT molecular complexity index is 2110. The van der Waals surface area contributed by atoms with Crippen LogP contribution < -0.4 is 0 Å². The zero-order valence-electron chi connectivity index (χ0n) is 52.7. The van der Waals surface area contributed by atoms with Gasteiger partial charge in [-0.2, -0.15) is 0 Å². The second-order valence-electron chi connectivity index (χ2n) is 24.9. The molecule has 4 rings (SSSR count). The predicted octanol–water partition coefficient (Wildman–Crippen LogP) is 10.4. The summed E-state index contributed by atoms with van der Waals surface area (Å²) in [7, 11) is 0.406. The normalized spacial score (nSPS) is 36.9. The Hall–Kier alpha value is -2.76. The lowest BCUT2D eigenvalue weighted by atomic mass is 9.78. The van der Waals surface area contributed by atoms with E-state index in [2.05, 4.69) is 41.5 Å². The smallest absolute Gasteiger partial charge is 0.329 e. The summed E-state index contributed by atoms with van der Waals surface area (Å²) < 4.78 is 45.0. The van der Waals surface area contributed by atoms with E-state index < -0.39 is 113 Å². The highest BCUT2D eigenvalue weighted by Gasteiger charge is 2.53. The molecule has 464 valence electrons. The van der Waals surface area contributed by atoms with Gasteiger partial charge in [0.2, 0.25) is 5.79 Å². The summed E-state index contributed by atoms with van der Waals surface area (Å²) in [5.41, 5.74) is 1.40. The second kappa shape index (κ2) is 32.7. The summed E-state index contributed by atoms with van der Waals surface area (Å²) in [6, 6.07) is 4.34. The summed E-state index contributed by atoms with van der Waals surface area (Å²) in [4.78, 5) is 74.7. The number of ketones is 3. The molecule has 1 amide bonds. The highest BCUT2D eigenvalue weighted by molar-refractivity contribution is 6.74. The molecule has 2 bridgehead atoms. The molecule has 16 nitrogen and oxygen atoms in total. The summed E-state index contributed by atoms with van der Waals surface area (Å²) in [6.45, 7) is 25.9. The van der Waals surface area contributed by atoms with Gasteiger partial charge in [0.1, 0.15) is 24.0 Å². The quantitative estimate of drug-likeness (QED) is 0.0567. The van der Waals surface area contributed by atoms with Crippen molar-refractivity contribution in [3.63, 3.8) is 0 Å². The van der Waals surface area contributed by atoms with Crippen molar-refractivity contribution in [3.05, 3.63) is 35.5 Å².